The largest absolute Gasteiger partial charge is 0.464 e. The lowest BCUT2D eigenvalue weighted by Gasteiger charge is -2.32. The number of carbonyl (C=O) groups excluding carboxylic acids is 1. The molecule has 0 saturated heterocycles. The number of hydrogen-bond acceptors (Lipinski definition) is 3. The molecule has 0 aliphatic heterocycles. The fraction of sp³-hybridized carbons (Fsp3) is 0.533. The van der Waals surface area contributed by atoms with Gasteiger partial charge in [-0.25, -0.2) is 9.18 Å². The summed E-state index contributed by atoms with van der Waals surface area (Å²) in [4.78, 5) is 12.4. The minimum Gasteiger partial charge on any atom is -0.464 e. The van der Waals surface area contributed by atoms with Gasteiger partial charge >= 0.3 is 5.97 Å². The Morgan fingerprint density at radius 3 is 2.63 bits per heavy atom. The highest BCUT2D eigenvalue weighted by atomic mass is 19.1. The fourth-order valence-electron chi connectivity index (χ4n) is 2.32. The van der Waals surface area contributed by atoms with E-state index >= 15 is 0 Å². The molecule has 1 saturated carbocycles. The van der Waals surface area contributed by atoms with Crippen LogP contribution in [-0.2, 0) is 15.1 Å². The molecule has 0 bridgehead atoms. The summed E-state index contributed by atoms with van der Waals surface area (Å²) in [6.45, 7) is 3.93. The molecule has 0 spiro atoms. The first-order valence-corrected chi connectivity index (χ1v) is 6.84. The number of rotatable bonds is 6. The van der Waals surface area contributed by atoms with Crippen molar-refractivity contribution in [2.45, 2.75) is 44.7 Å². The summed E-state index contributed by atoms with van der Waals surface area (Å²) in [6.07, 6.45) is 2.51. The molecule has 1 aromatic rings. The minimum atomic E-state index is -1.07. The second-order valence-corrected chi connectivity index (χ2v) is 4.88. The number of esters is 1. The third kappa shape index (κ3) is 2.78. The van der Waals surface area contributed by atoms with E-state index in [1.807, 2.05) is 6.92 Å². The van der Waals surface area contributed by atoms with E-state index < -0.39 is 11.5 Å². The van der Waals surface area contributed by atoms with Crippen molar-refractivity contribution in [3.63, 3.8) is 0 Å². The summed E-state index contributed by atoms with van der Waals surface area (Å²) in [5, 5.41) is 3.28. The molecular weight excluding hydrogens is 245 g/mol. The Labute approximate surface area is 113 Å². The lowest BCUT2D eigenvalue weighted by molar-refractivity contribution is -0.152. The highest BCUT2D eigenvalue weighted by Gasteiger charge is 2.45. The quantitative estimate of drug-likeness (QED) is 0.804. The lowest BCUT2D eigenvalue weighted by atomic mass is 9.86. The van der Waals surface area contributed by atoms with Crippen LogP contribution in [0, 0.1) is 5.82 Å². The molecule has 1 unspecified atom stereocenters. The second kappa shape index (κ2) is 5.70. The van der Waals surface area contributed by atoms with Gasteiger partial charge in [-0.2, -0.15) is 0 Å². The van der Waals surface area contributed by atoms with E-state index in [-0.39, 0.29) is 11.9 Å². The maximum absolute atomic E-state index is 14.1. The summed E-state index contributed by atoms with van der Waals surface area (Å²) >= 11 is 0. The SMILES string of the molecule is CCOC(=O)C(CC)(NC1CC1)c1ccccc1F. The molecule has 1 aromatic carbocycles. The third-order valence-electron chi connectivity index (χ3n) is 3.52. The lowest BCUT2D eigenvalue weighted by Crippen LogP contribution is -2.51. The van der Waals surface area contributed by atoms with Gasteiger partial charge in [-0.3, -0.25) is 5.32 Å². The van der Waals surface area contributed by atoms with Crippen molar-refractivity contribution in [2.24, 2.45) is 0 Å². The monoisotopic (exact) mass is 265 g/mol. The first-order chi connectivity index (χ1) is 9.14. The van der Waals surface area contributed by atoms with Crippen LogP contribution in [0.25, 0.3) is 0 Å². The number of halogens is 1. The molecule has 0 radical (unpaired) electrons. The Morgan fingerprint density at radius 2 is 2.11 bits per heavy atom. The summed E-state index contributed by atoms with van der Waals surface area (Å²) in [7, 11) is 0. The molecule has 0 amide bonds. The summed E-state index contributed by atoms with van der Waals surface area (Å²) in [6, 6.07) is 6.69. The van der Waals surface area contributed by atoms with Crippen molar-refractivity contribution >= 4 is 5.97 Å². The molecule has 0 heterocycles. The van der Waals surface area contributed by atoms with Crippen LogP contribution in [0.15, 0.2) is 24.3 Å². The highest BCUT2D eigenvalue weighted by molar-refractivity contribution is 5.83. The molecule has 0 aromatic heterocycles. The van der Waals surface area contributed by atoms with Crippen LogP contribution in [0.2, 0.25) is 0 Å². The standard InChI is InChI=1S/C15H20FNO2/c1-3-15(14(18)19-4-2,17-11-9-10-11)12-7-5-6-8-13(12)16/h5-8,11,17H,3-4,9-10H2,1-2H3. The average molecular weight is 265 g/mol. The van der Waals surface area contributed by atoms with Crippen molar-refractivity contribution in [3.8, 4) is 0 Å². The Bertz CT molecular complexity index is 459. The molecule has 1 fully saturated rings. The smallest absolute Gasteiger partial charge is 0.331 e. The number of hydrogen-bond donors (Lipinski definition) is 1. The third-order valence-corrected chi connectivity index (χ3v) is 3.52. The number of nitrogens with one attached hydrogen (secondary N) is 1. The zero-order valence-corrected chi connectivity index (χ0v) is 11.4. The van der Waals surface area contributed by atoms with E-state index in [0.29, 0.717) is 18.6 Å². The molecule has 1 N–H and O–H groups in total. The predicted octanol–water partition coefficient (Wildman–Crippen LogP) is 2.75. The van der Waals surface area contributed by atoms with E-state index in [1.165, 1.54) is 6.07 Å². The van der Waals surface area contributed by atoms with E-state index in [9.17, 15) is 9.18 Å². The van der Waals surface area contributed by atoms with Crippen LogP contribution in [0.3, 0.4) is 0 Å². The Balaban J connectivity index is 2.41. The van der Waals surface area contributed by atoms with Gasteiger partial charge in [0.25, 0.3) is 0 Å². The van der Waals surface area contributed by atoms with E-state index in [0.717, 1.165) is 12.8 Å². The van der Waals surface area contributed by atoms with Crippen molar-refractivity contribution in [1.82, 2.24) is 5.32 Å². The second-order valence-electron chi connectivity index (χ2n) is 4.88. The van der Waals surface area contributed by atoms with Gasteiger partial charge in [-0.1, -0.05) is 25.1 Å². The number of benzene rings is 1. The van der Waals surface area contributed by atoms with Crippen LogP contribution in [0.5, 0.6) is 0 Å². The maximum atomic E-state index is 14.1. The van der Waals surface area contributed by atoms with Gasteiger partial charge in [0.1, 0.15) is 11.4 Å². The molecule has 1 atom stereocenters. The fourth-order valence-corrected chi connectivity index (χ4v) is 2.32. The highest BCUT2D eigenvalue weighted by Crippen LogP contribution is 2.33. The van der Waals surface area contributed by atoms with E-state index in [2.05, 4.69) is 5.32 Å². The van der Waals surface area contributed by atoms with Crippen molar-refractivity contribution in [1.29, 1.82) is 0 Å². The van der Waals surface area contributed by atoms with Gasteiger partial charge in [-0.05, 0) is 32.3 Å². The zero-order valence-electron chi connectivity index (χ0n) is 11.4. The maximum Gasteiger partial charge on any atom is 0.331 e. The molecule has 4 heteroatoms. The zero-order chi connectivity index (χ0) is 13.9. The van der Waals surface area contributed by atoms with Gasteiger partial charge in [0.2, 0.25) is 0 Å². The molecule has 1 aliphatic rings. The Hall–Kier alpha value is -1.42. The van der Waals surface area contributed by atoms with Gasteiger partial charge in [0.15, 0.2) is 0 Å². The van der Waals surface area contributed by atoms with E-state index in [1.54, 1.807) is 25.1 Å². The van der Waals surface area contributed by atoms with Gasteiger partial charge in [0, 0.05) is 11.6 Å². The van der Waals surface area contributed by atoms with Gasteiger partial charge in [-0.15, -0.1) is 0 Å². The topological polar surface area (TPSA) is 38.3 Å². The van der Waals surface area contributed by atoms with E-state index in [4.69, 9.17) is 4.74 Å². The summed E-state index contributed by atoms with van der Waals surface area (Å²) in [5.74, 6) is -0.764. The van der Waals surface area contributed by atoms with Crippen LogP contribution >= 0.6 is 0 Å². The minimum absolute atomic E-state index is 0.281. The Kier molecular flexibility index (Phi) is 4.20. The average Bonchev–Trinajstić information content (AvgIpc) is 3.21. The van der Waals surface area contributed by atoms with Crippen molar-refractivity contribution in [3.05, 3.63) is 35.6 Å². The van der Waals surface area contributed by atoms with Crippen molar-refractivity contribution in [2.75, 3.05) is 6.61 Å². The van der Waals surface area contributed by atoms with Crippen molar-refractivity contribution < 1.29 is 13.9 Å². The molecule has 19 heavy (non-hydrogen) atoms. The first-order valence-electron chi connectivity index (χ1n) is 6.84. The number of ether oxygens (including phenoxy) is 1. The van der Waals surface area contributed by atoms with Crippen LogP contribution in [0.1, 0.15) is 38.7 Å². The predicted molar refractivity (Wildman–Crippen MR) is 71.2 cm³/mol. The molecule has 104 valence electrons. The Morgan fingerprint density at radius 1 is 1.42 bits per heavy atom. The molecule has 2 rings (SSSR count). The van der Waals surface area contributed by atoms with Gasteiger partial charge < -0.3 is 4.74 Å². The van der Waals surface area contributed by atoms with Crippen LogP contribution in [0.4, 0.5) is 4.39 Å². The normalized spacial score (nSPS) is 17.8. The molecule has 1 aliphatic carbocycles. The molecular formula is C15H20FNO2. The summed E-state index contributed by atoms with van der Waals surface area (Å²) in [5.41, 5.74) is -0.689. The van der Waals surface area contributed by atoms with Crippen LogP contribution < -0.4 is 5.32 Å². The first kappa shape index (κ1) is 14.0. The number of carbonyl (C=O) groups is 1. The molecule has 3 nitrogen and oxygen atoms in total. The van der Waals surface area contributed by atoms with Crippen LogP contribution in [-0.4, -0.2) is 18.6 Å². The van der Waals surface area contributed by atoms with Gasteiger partial charge in [0.05, 0.1) is 6.61 Å². The summed E-state index contributed by atoms with van der Waals surface area (Å²) < 4.78 is 19.3.